The molecular weight excluding hydrogens is 340 g/mol. The molecule has 0 amide bonds. The van der Waals surface area contributed by atoms with Crippen LogP contribution in [-0.4, -0.2) is 17.7 Å². The standard InChI is InChI=1S/C18H18N2O2S2/c1-3-22-17(21)13-14(12-7-5-4-6-8-12)19-18(23)20-15(13)16-11(2)9-10-24-16/h4-10,15H,3H2,1-2H3,(H2,19,20,23)/t15-/m1/s1. The highest BCUT2D eigenvalue weighted by atomic mass is 32.1. The third-order valence-electron chi connectivity index (χ3n) is 3.79. The van der Waals surface area contributed by atoms with E-state index in [1.165, 1.54) is 0 Å². The summed E-state index contributed by atoms with van der Waals surface area (Å²) in [5.41, 5.74) is 3.29. The van der Waals surface area contributed by atoms with E-state index >= 15 is 0 Å². The molecule has 1 atom stereocenters. The zero-order valence-electron chi connectivity index (χ0n) is 13.5. The lowest BCUT2D eigenvalue weighted by Gasteiger charge is -2.30. The number of nitrogens with one attached hydrogen (secondary N) is 2. The van der Waals surface area contributed by atoms with E-state index in [0.29, 0.717) is 23.0 Å². The fourth-order valence-corrected chi connectivity index (χ4v) is 3.91. The Morgan fingerprint density at radius 2 is 2.04 bits per heavy atom. The van der Waals surface area contributed by atoms with Crippen molar-refractivity contribution < 1.29 is 9.53 Å². The van der Waals surface area contributed by atoms with Crippen molar-refractivity contribution in [3.63, 3.8) is 0 Å². The third kappa shape index (κ3) is 3.20. The molecule has 6 heteroatoms. The average molecular weight is 358 g/mol. The summed E-state index contributed by atoms with van der Waals surface area (Å²) in [6.45, 7) is 4.16. The minimum Gasteiger partial charge on any atom is -0.463 e. The van der Waals surface area contributed by atoms with E-state index in [0.717, 1.165) is 16.0 Å². The van der Waals surface area contributed by atoms with Gasteiger partial charge in [0.1, 0.15) is 0 Å². The lowest BCUT2D eigenvalue weighted by atomic mass is 9.95. The first-order valence-corrected chi connectivity index (χ1v) is 8.98. The maximum Gasteiger partial charge on any atom is 0.338 e. The molecule has 1 aliphatic rings. The number of rotatable bonds is 4. The van der Waals surface area contributed by atoms with Gasteiger partial charge in [0.25, 0.3) is 0 Å². The van der Waals surface area contributed by atoms with Crippen LogP contribution in [0.4, 0.5) is 0 Å². The number of benzene rings is 1. The second-order valence-electron chi connectivity index (χ2n) is 5.37. The molecule has 2 aromatic rings. The topological polar surface area (TPSA) is 50.4 Å². The van der Waals surface area contributed by atoms with Crippen molar-refractivity contribution in [1.82, 2.24) is 10.6 Å². The Labute approximate surface area is 150 Å². The van der Waals surface area contributed by atoms with Crippen molar-refractivity contribution in [2.45, 2.75) is 19.9 Å². The van der Waals surface area contributed by atoms with Gasteiger partial charge in [0.15, 0.2) is 5.11 Å². The molecule has 0 fully saturated rings. The van der Waals surface area contributed by atoms with E-state index in [1.54, 1.807) is 18.3 Å². The molecule has 0 saturated heterocycles. The molecule has 2 N–H and O–H groups in total. The zero-order chi connectivity index (χ0) is 17.1. The minimum absolute atomic E-state index is 0.312. The van der Waals surface area contributed by atoms with Gasteiger partial charge in [0, 0.05) is 4.88 Å². The molecule has 0 radical (unpaired) electrons. The summed E-state index contributed by atoms with van der Waals surface area (Å²) in [5.74, 6) is -0.336. The molecule has 0 spiro atoms. The van der Waals surface area contributed by atoms with Crippen molar-refractivity contribution in [3.05, 3.63) is 63.4 Å². The van der Waals surface area contributed by atoms with Crippen LogP contribution in [0.25, 0.3) is 5.70 Å². The summed E-state index contributed by atoms with van der Waals surface area (Å²) >= 11 is 6.98. The third-order valence-corrected chi connectivity index (χ3v) is 5.10. The molecule has 1 aliphatic heterocycles. The van der Waals surface area contributed by atoms with Crippen LogP contribution in [0.3, 0.4) is 0 Å². The number of thiocarbonyl (C=S) groups is 1. The molecule has 1 aromatic carbocycles. The number of aryl methyl sites for hydroxylation is 1. The Hall–Kier alpha value is -2.18. The van der Waals surface area contributed by atoms with Crippen LogP contribution in [0.5, 0.6) is 0 Å². The van der Waals surface area contributed by atoms with Crippen molar-refractivity contribution in [3.8, 4) is 0 Å². The Balaban J connectivity index is 2.18. The van der Waals surface area contributed by atoms with E-state index in [4.69, 9.17) is 17.0 Å². The molecular formula is C18H18N2O2S2. The van der Waals surface area contributed by atoms with Crippen molar-refractivity contribution in [2.75, 3.05) is 6.61 Å². The number of carbonyl (C=O) groups excluding carboxylic acids is 1. The van der Waals surface area contributed by atoms with Gasteiger partial charge in [-0.2, -0.15) is 0 Å². The van der Waals surface area contributed by atoms with Gasteiger partial charge in [-0.25, -0.2) is 4.79 Å². The molecule has 0 bridgehead atoms. The van der Waals surface area contributed by atoms with Crippen LogP contribution in [0.2, 0.25) is 0 Å². The number of hydrogen-bond donors (Lipinski definition) is 2. The van der Waals surface area contributed by atoms with E-state index in [2.05, 4.69) is 10.6 Å². The normalized spacial score (nSPS) is 17.2. The molecule has 3 rings (SSSR count). The highest BCUT2D eigenvalue weighted by molar-refractivity contribution is 7.80. The van der Waals surface area contributed by atoms with Gasteiger partial charge in [-0.05, 0) is 48.6 Å². The second-order valence-corrected chi connectivity index (χ2v) is 6.73. The predicted octanol–water partition coefficient (Wildman–Crippen LogP) is 3.55. The molecule has 4 nitrogen and oxygen atoms in total. The Kier molecular flexibility index (Phi) is 4.97. The molecule has 0 aliphatic carbocycles. The number of ether oxygens (including phenoxy) is 1. The van der Waals surface area contributed by atoms with Gasteiger partial charge in [-0.3, -0.25) is 0 Å². The predicted molar refractivity (Wildman–Crippen MR) is 101 cm³/mol. The highest BCUT2D eigenvalue weighted by Crippen LogP contribution is 2.35. The van der Waals surface area contributed by atoms with Gasteiger partial charge in [0.05, 0.1) is 23.9 Å². The number of esters is 1. The first-order chi connectivity index (χ1) is 11.6. The van der Waals surface area contributed by atoms with E-state index < -0.39 is 0 Å². The maximum absolute atomic E-state index is 12.7. The summed E-state index contributed by atoms with van der Waals surface area (Å²) < 4.78 is 5.32. The second kappa shape index (κ2) is 7.15. The largest absolute Gasteiger partial charge is 0.463 e. The van der Waals surface area contributed by atoms with Crippen LogP contribution < -0.4 is 10.6 Å². The molecule has 124 valence electrons. The number of thiophene rings is 1. The van der Waals surface area contributed by atoms with Crippen molar-refractivity contribution in [2.24, 2.45) is 0 Å². The van der Waals surface area contributed by atoms with Gasteiger partial charge in [-0.1, -0.05) is 30.3 Å². The zero-order valence-corrected chi connectivity index (χ0v) is 15.1. The van der Waals surface area contributed by atoms with Crippen molar-refractivity contribution in [1.29, 1.82) is 0 Å². The van der Waals surface area contributed by atoms with Gasteiger partial charge < -0.3 is 15.4 Å². The molecule has 24 heavy (non-hydrogen) atoms. The van der Waals surface area contributed by atoms with Crippen LogP contribution >= 0.6 is 23.6 Å². The summed E-state index contributed by atoms with van der Waals surface area (Å²) in [6, 6.07) is 11.4. The van der Waals surface area contributed by atoms with Crippen molar-refractivity contribution >= 4 is 40.3 Å². The van der Waals surface area contributed by atoms with Crippen LogP contribution in [-0.2, 0) is 9.53 Å². The van der Waals surface area contributed by atoms with Gasteiger partial charge in [-0.15, -0.1) is 11.3 Å². The number of hydrogen-bond acceptors (Lipinski definition) is 4. The van der Waals surface area contributed by atoms with Gasteiger partial charge in [0.2, 0.25) is 0 Å². The Morgan fingerprint density at radius 3 is 2.67 bits per heavy atom. The molecule has 2 heterocycles. The Morgan fingerprint density at radius 1 is 1.29 bits per heavy atom. The smallest absolute Gasteiger partial charge is 0.338 e. The lowest BCUT2D eigenvalue weighted by Crippen LogP contribution is -2.45. The number of carbonyl (C=O) groups is 1. The van der Waals surface area contributed by atoms with Crippen LogP contribution in [0.1, 0.15) is 29.0 Å². The summed E-state index contributed by atoms with van der Waals surface area (Å²) in [5, 5.41) is 8.87. The maximum atomic E-state index is 12.7. The fourth-order valence-electron chi connectivity index (χ4n) is 2.70. The Bertz CT molecular complexity index is 796. The fraction of sp³-hybridized carbons (Fsp3) is 0.222. The highest BCUT2D eigenvalue weighted by Gasteiger charge is 2.34. The first kappa shape index (κ1) is 16.7. The molecule has 0 unspecified atom stereocenters. The first-order valence-electron chi connectivity index (χ1n) is 7.70. The van der Waals surface area contributed by atoms with Crippen LogP contribution in [0, 0.1) is 6.92 Å². The lowest BCUT2D eigenvalue weighted by molar-refractivity contribution is -0.138. The van der Waals surface area contributed by atoms with Crippen LogP contribution in [0.15, 0.2) is 47.4 Å². The van der Waals surface area contributed by atoms with E-state index in [9.17, 15) is 4.79 Å². The molecule has 1 aromatic heterocycles. The average Bonchev–Trinajstić information content (AvgIpc) is 3.01. The summed E-state index contributed by atoms with van der Waals surface area (Å²) in [6.07, 6.45) is 0. The molecule has 0 saturated carbocycles. The summed E-state index contributed by atoms with van der Waals surface area (Å²) in [4.78, 5) is 13.8. The quantitative estimate of drug-likeness (QED) is 0.647. The van der Waals surface area contributed by atoms with E-state index in [-0.39, 0.29) is 12.0 Å². The summed E-state index contributed by atoms with van der Waals surface area (Å²) in [7, 11) is 0. The monoisotopic (exact) mass is 358 g/mol. The van der Waals surface area contributed by atoms with E-state index in [1.807, 2.05) is 48.7 Å². The SMILES string of the molecule is CCOC(=O)C1=C(c2ccccc2)NC(=S)N[C@H]1c1sccc1C. The minimum atomic E-state index is -0.336. The van der Waals surface area contributed by atoms with Gasteiger partial charge >= 0.3 is 5.97 Å².